The van der Waals surface area contributed by atoms with Crippen molar-refractivity contribution in [2.24, 2.45) is 0 Å². The Kier molecular flexibility index (Phi) is 67.2. The van der Waals surface area contributed by atoms with Crippen molar-refractivity contribution in [2.75, 3.05) is 39.6 Å². The Morgan fingerprint density at radius 2 is 0.582 bits per heavy atom. The van der Waals surface area contributed by atoms with Crippen LogP contribution in [0.1, 0.15) is 285 Å². The van der Waals surface area contributed by atoms with Crippen LogP contribution in [0.15, 0.2) is 134 Å². The minimum Gasteiger partial charge on any atom is -0.462 e. The molecular weight excluding hydrogens is 1280 g/mol. The van der Waals surface area contributed by atoms with Crippen LogP contribution in [0.3, 0.4) is 0 Å². The molecule has 17 nitrogen and oxygen atoms in total. The smallest absolute Gasteiger partial charge is 0.462 e. The van der Waals surface area contributed by atoms with Crippen molar-refractivity contribution in [3.05, 3.63) is 134 Å². The van der Waals surface area contributed by atoms with Gasteiger partial charge in [-0.15, -0.1) is 0 Å². The maximum atomic E-state index is 13.1. The van der Waals surface area contributed by atoms with Gasteiger partial charge in [0.05, 0.1) is 32.8 Å². The highest BCUT2D eigenvalue weighted by atomic mass is 31.2. The molecule has 560 valence electrons. The molecule has 0 amide bonds. The van der Waals surface area contributed by atoms with E-state index in [-0.39, 0.29) is 25.7 Å². The van der Waals surface area contributed by atoms with Crippen molar-refractivity contribution in [2.45, 2.75) is 303 Å². The van der Waals surface area contributed by atoms with E-state index in [1.165, 1.54) is 77.0 Å². The highest BCUT2D eigenvalue weighted by Crippen LogP contribution is 2.45. The molecule has 0 radical (unpaired) electrons. The predicted octanol–water partition coefficient (Wildman–Crippen LogP) is 21.3. The first kappa shape index (κ1) is 93.2. The van der Waals surface area contributed by atoms with E-state index in [2.05, 4.69) is 125 Å². The topological polar surface area (TPSA) is 237 Å². The zero-order chi connectivity index (χ0) is 71.8. The van der Waals surface area contributed by atoms with Gasteiger partial charge in [-0.05, 0) is 116 Å². The molecule has 0 saturated heterocycles. The summed E-state index contributed by atoms with van der Waals surface area (Å²) in [5, 5.41) is 10.6. The van der Waals surface area contributed by atoms with Gasteiger partial charge in [-0.25, -0.2) is 9.13 Å². The summed E-state index contributed by atoms with van der Waals surface area (Å²) in [7, 11) is -9.99. The van der Waals surface area contributed by atoms with Gasteiger partial charge in [0.15, 0.2) is 12.2 Å². The molecule has 5 unspecified atom stereocenters. The quantitative estimate of drug-likeness (QED) is 0.0169. The van der Waals surface area contributed by atoms with Gasteiger partial charge in [0.1, 0.15) is 19.3 Å². The molecule has 0 bridgehead atoms. The van der Waals surface area contributed by atoms with Crippen LogP contribution < -0.4 is 0 Å². The summed E-state index contributed by atoms with van der Waals surface area (Å²) >= 11 is 0. The number of aliphatic hydroxyl groups is 1. The molecule has 0 spiro atoms. The fourth-order valence-corrected chi connectivity index (χ4v) is 11.1. The molecule has 19 heteroatoms. The number of hydrogen-bond acceptors (Lipinski definition) is 15. The molecule has 0 aliphatic carbocycles. The number of unbranched alkanes of at least 4 members (excludes halogenated alkanes) is 22. The van der Waals surface area contributed by atoms with Crippen LogP contribution in [0.25, 0.3) is 0 Å². The van der Waals surface area contributed by atoms with Crippen LogP contribution in [-0.2, 0) is 65.4 Å². The van der Waals surface area contributed by atoms with E-state index in [1.807, 2.05) is 30.4 Å². The highest BCUT2D eigenvalue weighted by Gasteiger charge is 2.30. The lowest BCUT2D eigenvalue weighted by Crippen LogP contribution is -2.30. The van der Waals surface area contributed by atoms with Crippen molar-refractivity contribution in [3.63, 3.8) is 0 Å². The van der Waals surface area contributed by atoms with Crippen LogP contribution in [0, 0.1) is 0 Å². The van der Waals surface area contributed by atoms with Crippen molar-refractivity contribution < 1.29 is 80.2 Å². The molecule has 98 heavy (non-hydrogen) atoms. The fraction of sp³-hybridized carbons (Fsp3) is 0.671. The zero-order valence-electron chi connectivity index (χ0n) is 60.9. The van der Waals surface area contributed by atoms with Gasteiger partial charge in [-0.2, -0.15) is 0 Å². The normalized spacial score (nSPS) is 14.7. The number of hydrogen-bond donors (Lipinski definition) is 3. The first-order valence-electron chi connectivity index (χ1n) is 37.4. The molecule has 3 N–H and O–H groups in total. The SMILES string of the molecule is CC/C=C\C/C=C\C/C=C\C/C=C\C/C=C\CCCC(=O)OCC(COP(=O)(O)OCC(O)COP(=O)(O)OCC(COC(=O)C/C=C\C/C=C\C/C=C\C/C=C\C/C=C\CC)OC(=O)CCCCCCC/C=C\CCCCCC)OC(=O)CCCCCCCCCCCCCCC. The van der Waals surface area contributed by atoms with Gasteiger partial charge < -0.3 is 33.8 Å². The number of allylic oxidation sites excluding steroid dienone is 21. The molecule has 0 saturated carbocycles. The fourth-order valence-electron chi connectivity index (χ4n) is 9.50. The number of rotatable bonds is 69. The minimum absolute atomic E-state index is 0.0618. The zero-order valence-corrected chi connectivity index (χ0v) is 62.7. The highest BCUT2D eigenvalue weighted by molar-refractivity contribution is 7.47. The van der Waals surface area contributed by atoms with Gasteiger partial charge in [-0.3, -0.25) is 37.3 Å². The summed E-state index contributed by atoms with van der Waals surface area (Å²) in [5.41, 5.74) is 0. The number of esters is 4. The van der Waals surface area contributed by atoms with E-state index < -0.39 is 97.5 Å². The summed E-state index contributed by atoms with van der Waals surface area (Å²) in [4.78, 5) is 72.7. The second kappa shape index (κ2) is 70.6. The summed E-state index contributed by atoms with van der Waals surface area (Å²) in [6.07, 6.45) is 77.7. The molecular formula is C79H132O17P2. The molecule has 5 atom stereocenters. The number of ether oxygens (including phenoxy) is 4. The molecule has 0 fully saturated rings. The third kappa shape index (κ3) is 69.7. The van der Waals surface area contributed by atoms with Crippen LogP contribution in [-0.4, -0.2) is 96.7 Å². The first-order valence-corrected chi connectivity index (χ1v) is 40.4. The lowest BCUT2D eigenvalue weighted by Gasteiger charge is -2.21. The van der Waals surface area contributed by atoms with Gasteiger partial charge in [0, 0.05) is 19.3 Å². The monoisotopic (exact) mass is 1410 g/mol. The van der Waals surface area contributed by atoms with Crippen molar-refractivity contribution in [3.8, 4) is 0 Å². The number of phosphoric ester groups is 2. The lowest BCUT2D eigenvalue weighted by atomic mass is 10.0. The Morgan fingerprint density at radius 3 is 0.959 bits per heavy atom. The first-order chi connectivity index (χ1) is 47.7. The van der Waals surface area contributed by atoms with Crippen LogP contribution in [0.2, 0.25) is 0 Å². The average molecular weight is 1420 g/mol. The van der Waals surface area contributed by atoms with Crippen molar-refractivity contribution in [1.82, 2.24) is 0 Å². The van der Waals surface area contributed by atoms with E-state index in [0.29, 0.717) is 32.1 Å². The largest absolute Gasteiger partial charge is 0.472 e. The van der Waals surface area contributed by atoms with E-state index in [1.54, 1.807) is 6.08 Å². The van der Waals surface area contributed by atoms with Gasteiger partial charge in [0.2, 0.25) is 0 Å². The molecule has 0 heterocycles. The van der Waals surface area contributed by atoms with E-state index in [0.717, 1.165) is 122 Å². The maximum Gasteiger partial charge on any atom is 0.472 e. The number of carbonyl (C=O) groups is 4. The summed E-state index contributed by atoms with van der Waals surface area (Å²) in [5.74, 6) is -2.40. The minimum atomic E-state index is -5.00. The summed E-state index contributed by atoms with van der Waals surface area (Å²) in [6, 6.07) is 0. The van der Waals surface area contributed by atoms with Crippen LogP contribution >= 0.6 is 15.6 Å². The lowest BCUT2D eigenvalue weighted by molar-refractivity contribution is -0.161. The standard InChI is InChI=1S/C79H132O17P2/c1-5-9-13-17-21-25-29-33-35-36-38-42-44-48-52-56-60-64-77(82)90-70-75(96-79(84)66-62-58-54-50-46-40-32-28-24-20-16-12-8-4)72-94-98(87,88)92-68-73(80)67-91-97(85,86)93-71-74(95-78(83)65-61-57-53-49-45-39-31-27-23-19-15-11-7-3)69-89-76(81)63-59-55-51-47-43-41-37-34-30-26-22-18-14-10-6-2/h9-10,13-14,21-22,25-27,31,33-35,37-38,42-43,47-48,52,55,59,73-75,80H,5-8,11-12,15-20,23-24,28-30,32,36,39-41,44-46,49-51,53-54,56-58,60-72H2,1-4H3,(H,85,86)(H,87,88)/b13-9-,14-10-,25-21-,26-22-,31-27-,35-33-,37-34-,42-38-,47-43-,52-48-,59-55-. The van der Waals surface area contributed by atoms with Crippen molar-refractivity contribution in [1.29, 1.82) is 0 Å². The Morgan fingerprint density at radius 1 is 0.306 bits per heavy atom. The molecule has 0 aliphatic heterocycles. The number of phosphoric acid groups is 2. The molecule has 0 aromatic rings. The van der Waals surface area contributed by atoms with E-state index >= 15 is 0 Å². The second-order valence-corrected chi connectivity index (χ2v) is 27.4. The third-order valence-corrected chi connectivity index (χ3v) is 17.0. The van der Waals surface area contributed by atoms with Crippen molar-refractivity contribution >= 4 is 39.5 Å². The van der Waals surface area contributed by atoms with Gasteiger partial charge in [-0.1, -0.05) is 277 Å². The van der Waals surface area contributed by atoms with E-state index in [4.69, 9.17) is 37.0 Å². The Balaban J connectivity index is 5.45. The number of aliphatic hydroxyl groups excluding tert-OH is 1. The summed E-state index contributed by atoms with van der Waals surface area (Å²) in [6.45, 7) is 4.43. The Labute approximate surface area is 593 Å². The van der Waals surface area contributed by atoms with Crippen LogP contribution in [0.5, 0.6) is 0 Å². The molecule has 0 aromatic heterocycles. The molecule has 0 aliphatic rings. The number of carbonyl (C=O) groups excluding carboxylic acids is 4. The maximum absolute atomic E-state index is 13.1. The van der Waals surface area contributed by atoms with Gasteiger partial charge >= 0.3 is 39.5 Å². The van der Waals surface area contributed by atoms with Gasteiger partial charge in [0.25, 0.3) is 0 Å². The Hall–Kier alpha value is -4.80. The average Bonchev–Trinajstić information content (AvgIpc) is 0.969. The molecule has 0 aromatic carbocycles. The Bertz CT molecular complexity index is 2380. The van der Waals surface area contributed by atoms with Crippen LogP contribution in [0.4, 0.5) is 0 Å². The van der Waals surface area contributed by atoms with E-state index in [9.17, 15) is 43.2 Å². The summed E-state index contributed by atoms with van der Waals surface area (Å²) < 4.78 is 68.2. The predicted molar refractivity (Wildman–Crippen MR) is 399 cm³/mol. The second-order valence-electron chi connectivity index (χ2n) is 24.5. The molecule has 0 rings (SSSR count). The third-order valence-electron chi connectivity index (χ3n) is 15.1.